The zero-order valence-electron chi connectivity index (χ0n) is 13.9. The van der Waals surface area contributed by atoms with Crippen LogP contribution in [0.5, 0.6) is 0 Å². The maximum Gasteiger partial charge on any atom is 0.251 e. The Morgan fingerprint density at radius 1 is 1.67 bits per heavy atom. The van der Waals surface area contributed by atoms with Crippen LogP contribution in [-0.4, -0.2) is 59.6 Å². The van der Waals surface area contributed by atoms with Gasteiger partial charge in [0.05, 0.1) is 12.4 Å². The molecule has 0 saturated carbocycles. The molecule has 1 saturated heterocycles. The Hall–Kier alpha value is -2.17. The number of nitrogens with one attached hydrogen (secondary N) is 1. The minimum absolute atomic E-state index is 0.0115. The van der Waals surface area contributed by atoms with E-state index in [0.717, 1.165) is 0 Å². The van der Waals surface area contributed by atoms with Crippen LogP contribution in [0.15, 0.2) is 16.7 Å². The van der Waals surface area contributed by atoms with Crippen LogP contribution in [0.1, 0.15) is 13.2 Å². The molecule has 0 aliphatic carbocycles. The number of imidazole rings is 1. The minimum atomic E-state index is -1.76. The van der Waals surface area contributed by atoms with E-state index in [-0.39, 0.29) is 16.2 Å². The van der Waals surface area contributed by atoms with Crippen LogP contribution in [0.4, 0.5) is 10.3 Å². The monoisotopic (exact) mass is 415 g/mol. The molecule has 1 fully saturated rings. The van der Waals surface area contributed by atoms with Crippen molar-refractivity contribution in [3.8, 4) is 11.8 Å². The van der Waals surface area contributed by atoms with Gasteiger partial charge in [0, 0.05) is 0 Å². The second-order valence-electron chi connectivity index (χ2n) is 5.77. The van der Waals surface area contributed by atoms with E-state index in [1.165, 1.54) is 17.8 Å². The number of H-pyrrole nitrogens is 1. The summed E-state index contributed by atoms with van der Waals surface area (Å²) in [5.74, 6) is 9.74. The molecule has 5 atom stereocenters. The van der Waals surface area contributed by atoms with E-state index < -0.39 is 36.1 Å². The normalized spacial score (nSPS) is 29.1. The number of halogens is 2. The molecule has 1 aliphatic heterocycles. The fourth-order valence-corrected chi connectivity index (χ4v) is 3.43. The first-order valence-corrected chi connectivity index (χ1v) is 8.46. The third-order valence-corrected chi connectivity index (χ3v) is 4.83. The predicted molar refractivity (Wildman–Crippen MR) is 95.3 cm³/mol. The lowest BCUT2D eigenvalue weighted by Gasteiger charge is -2.25. The third kappa shape index (κ3) is 3.28. The summed E-state index contributed by atoms with van der Waals surface area (Å²) in [6.45, 7) is 0.457. The summed E-state index contributed by atoms with van der Waals surface area (Å²) < 4.78 is 20.0. The molecule has 0 spiro atoms. The Balaban J connectivity index is 2.19. The number of aromatic nitrogens is 4. The van der Waals surface area contributed by atoms with Crippen molar-refractivity contribution in [1.29, 1.82) is 0 Å². The minimum Gasteiger partial charge on any atom is -0.391 e. The Morgan fingerprint density at radius 3 is 3.04 bits per heavy atom. The van der Waals surface area contributed by atoms with Gasteiger partial charge in [0.2, 0.25) is 0 Å². The molecule has 2 aromatic rings. The standard InChI is InChI=1S/C14H15ClFN7O3S/c1-6(24)8-9(25)14(15,3-2-4-16)12(26-8)23-5-18-7-10(23)19-13(21-22-17)20-11(7)27/h5-6,8-9,12,24-25H,4H2,1H3,(H3,17,19,20,21,27)/t6-,8+,9?,12+,14+/m0/s1. The van der Waals surface area contributed by atoms with Gasteiger partial charge in [-0.05, 0) is 6.92 Å². The van der Waals surface area contributed by atoms with Gasteiger partial charge in [-0.1, -0.05) is 46.0 Å². The van der Waals surface area contributed by atoms with Gasteiger partial charge in [0.15, 0.2) is 16.7 Å². The average molecular weight is 416 g/mol. The summed E-state index contributed by atoms with van der Waals surface area (Å²) in [6.07, 6.45) is -3.37. The molecule has 10 nitrogen and oxygen atoms in total. The number of aromatic amines is 1. The fourth-order valence-electron chi connectivity index (χ4n) is 2.85. The van der Waals surface area contributed by atoms with Crippen LogP contribution in [0.2, 0.25) is 0 Å². The first kappa shape index (κ1) is 19.6. The van der Waals surface area contributed by atoms with Gasteiger partial charge >= 0.3 is 0 Å². The molecule has 3 heterocycles. The van der Waals surface area contributed by atoms with E-state index in [1.54, 1.807) is 0 Å². The van der Waals surface area contributed by atoms with Gasteiger partial charge < -0.3 is 25.8 Å². The number of alkyl halides is 2. The van der Waals surface area contributed by atoms with Crippen molar-refractivity contribution < 1.29 is 19.3 Å². The topological polar surface area (TPSA) is 147 Å². The maximum atomic E-state index is 12.6. The van der Waals surface area contributed by atoms with Gasteiger partial charge in [-0.2, -0.15) is 4.98 Å². The van der Waals surface area contributed by atoms with Gasteiger partial charge in [0.25, 0.3) is 5.95 Å². The predicted octanol–water partition coefficient (Wildman–Crippen LogP) is 1.04. The van der Waals surface area contributed by atoms with Crippen LogP contribution in [0.3, 0.4) is 0 Å². The average Bonchev–Trinajstić information content (AvgIpc) is 3.14. The van der Waals surface area contributed by atoms with E-state index >= 15 is 0 Å². The number of fused-ring (bicyclic) bond motifs is 1. The summed E-state index contributed by atoms with van der Waals surface area (Å²) in [5.41, 5.74) is 0.508. The molecule has 0 amide bonds. The molecule has 27 heavy (non-hydrogen) atoms. The zero-order valence-corrected chi connectivity index (χ0v) is 15.4. The number of aliphatic hydroxyl groups excluding tert-OH is 2. The highest BCUT2D eigenvalue weighted by molar-refractivity contribution is 7.71. The van der Waals surface area contributed by atoms with Crippen LogP contribution >= 0.6 is 23.8 Å². The van der Waals surface area contributed by atoms with Gasteiger partial charge in [0.1, 0.15) is 29.0 Å². The van der Waals surface area contributed by atoms with Crippen LogP contribution in [0, 0.1) is 16.5 Å². The molecular formula is C14H15ClFN7O3S. The molecule has 144 valence electrons. The lowest BCUT2D eigenvalue weighted by atomic mass is 9.96. The zero-order chi connectivity index (χ0) is 19.8. The summed E-state index contributed by atoms with van der Waals surface area (Å²) >= 11 is 11.7. The van der Waals surface area contributed by atoms with E-state index in [0.29, 0.717) is 5.52 Å². The molecule has 13 heteroatoms. The van der Waals surface area contributed by atoms with Crippen molar-refractivity contribution in [2.75, 3.05) is 6.67 Å². The highest BCUT2D eigenvalue weighted by Crippen LogP contribution is 2.45. The Labute approximate surface area is 162 Å². The number of hydrogen-bond acceptors (Lipinski definition) is 8. The molecule has 2 aromatic heterocycles. The number of ether oxygens (including phenoxy) is 1. The Bertz CT molecular complexity index is 1000. The molecular weight excluding hydrogens is 401 g/mol. The van der Waals surface area contributed by atoms with E-state index in [2.05, 4.69) is 37.1 Å². The summed E-state index contributed by atoms with van der Waals surface area (Å²) in [6, 6.07) is 0. The van der Waals surface area contributed by atoms with Crippen molar-refractivity contribution in [2.24, 2.45) is 16.2 Å². The molecule has 0 bridgehead atoms. The second kappa shape index (κ2) is 7.45. The molecule has 1 unspecified atom stereocenters. The quantitative estimate of drug-likeness (QED) is 0.146. The number of nitrogens with zero attached hydrogens (tertiary/aromatic N) is 5. The summed E-state index contributed by atoms with van der Waals surface area (Å²) in [7, 11) is 0. The lowest BCUT2D eigenvalue weighted by Crippen LogP contribution is -2.43. The van der Waals surface area contributed by atoms with Crippen molar-refractivity contribution in [3.05, 3.63) is 11.0 Å². The number of nitrogens with two attached hydrogens (primary N) is 1. The number of aliphatic hydroxyl groups is 2. The second-order valence-corrected chi connectivity index (χ2v) is 6.80. The van der Waals surface area contributed by atoms with Crippen molar-refractivity contribution >= 4 is 40.9 Å². The smallest absolute Gasteiger partial charge is 0.251 e. The molecule has 0 aromatic carbocycles. The fraction of sp³-hybridized carbons (Fsp3) is 0.500. The number of rotatable bonds is 3. The summed E-state index contributed by atoms with van der Waals surface area (Å²) in [5, 5.41) is 27.2. The maximum absolute atomic E-state index is 12.6. The molecule has 3 rings (SSSR count). The van der Waals surface area contributed by atoms with Gasteiger partial charge in [-0.3, -0.25) is 4.57 Å². The highest BCUT2D eigenvalue weighted by atomic mass is 35.5. The van der Waals surface area contributed by atoms with Crippen LogP contribution in [-0.2, 0) is 4.74 Å². The Kier molecular flexibility index (Phi) is 5.41. The van der Waals surface area contributed by atoms with E-state index in [1.807, 2.05) is 0 Å². The first-order chi connectivity index (χ1) is 12.8. The Morgan fingerprint density at radius 2 is 2.41 bits per heavy atom. The molecule has 5 N–H and O–H groups in total. The van der Waals surface area contributed by atoms with Crippen molar-refractivity contribution in [2.45, 2.75) is 36.3 Å². The van der Waals surface area contributed by atoms with Crippen LogP contribution in [0.25, 0.3) is 11.2 Å². The SMILES string of the molecule is C[C@H](O)[C@H]1O[C@@H](n2cnc3c(=S)[nH]c(N=NN)nc32)[C@@](Cl)(C#CCF)C1O. The summed E-state index contributed by atoms with van der Waals surface area (Å²) in [4.78, 5) is 9.29. The van der Waals surface area contributed by atoms with E-state index in [4.69, 9.17) is 34.4 Å². The molecule has 1 aliphatic rings. The first-order valence-electron chi connectivity index (χ1n) is 7.67. The van der Waals surface area contributed by atoms with E-state index in [9.17, 15) is 14.6 Å². The lowest BCUT2D eigenvalue weighted by molar-refractivity contribution is -0.0752. The highest BCUT2D eigenvalue weighted by Gasteiger charge is 2.57. The van der Waals surface area contributed by atoms with Crippen LogP contribution < -0.4 is 5.84 Å². The third-order valence-electron chi connectivity index (χ3n) is 4.03. The largest absolute Gasteiger partial charge is 0.391 e. The van der Waals surface area contributed by atoms with Crippen molar-refractivity contribution in [1.82, 2.24) is 19.5 Å². The van der Waals surface area contributed by atoms with Gasteiger partial charge in [-0.15, -0.1) is 0 Å². The van der Waals surface area contributed by atoms with Crippen molar-refractivity contribution in [3.63, 3.8) is 0 Å². The molecule has 0 radical (unpaired) electrons. The number of hydrogen-bond donors (Lipinski definition) is 4. The van der Waals surface area contributed by atoms with Gasteiger partial charge in [-0.25, -0.2) is 9.37 Å².